The molecule has 1 saturated heterocycles. The van der Waals surface area contributed by atoms with Gasteiger partial charge in [0.1, 0.15) is 5.01 Å². The van der Waals surface area contributed by atoms with Crippen molar-refractivity contribution in [3.8, 4) is 0 Å². The van der Waals surface area contributed by atoms with E-state index in [1.54, 1.807) is 11.3 Å². The number of hydrogen-bond acceptors (Lipinski definition) is 4. The van der Waals surface area contributed by atoms with Crippen LogP contribution in [-0.4, -0.2) is 46.9 Å². The van der Waals surface area contributed by atoms with Crippen LogP contribution in [0.4, 0.5) is 0 Å². The zero-order chi connectivity index (χ0) is 13.9. The van der Waals surface area contributed by atoms with E-state index in [1.807, 2.05) is 6.92 Å². The van der Waals surface area contributed by atoms with E-state index >= 15 is 0 Å². The Bertz CT molecular complexity index is 459. The molecule has 1 aromatic heterocycles. The predicted octanol–water partition coefficient (Wildman–Crippen LogP) is 2.29. The summed E-state index contributed by atoms with van der Waals surface area (Å²) in [5, 5.41) is 3.30. The van der Waals surface area contributed by atoms with Crippen molar-refractivity contribution in [2.45, 2.75) is 39.2 Å². The van der Waals surface area contributed by atoms with Gasteiger partial charge in [-0.15, -0.1) is 11.3 Å². The van der Waals surface area contributed by atoms with E-state index in [-0.39, 0.29) is 0 Å². The molecule has 0 radical (unpaired) electrons. The third-order valence-electron chi connectivity index (χ3n) is 4.41. The second-order valence-corrected chi connectivity index (χ2v) is 6.91. The van der Waals surface area contributed by atoms with Crippen LogP contribution in [-0.2, 0) is 11.3 Å². The van der Waals surface area contributed by atoms with Crippen LogP contribution in [0, 0.1) is 12.8 Å². The lowest BCUT2D eigenvalue weighted by atomic mass is 10.1. The van der Waals surface area contributed by atoms with Crippen molar-refractivity contribution < 1.29 is 4.79 Å². The first-order chi connectivity index (χ1) is 9.72. The zero-order valence-electron chi connectivity index (χ0n) is 12.2. The van der Waals surface area contributed by atoms with Gasteiger partial charge in [-0.1, -0.05) is 12.8 Å². The van der Waals surface area contributed by atoms with Crippen LogP contribution in [0.25, 0.3) is 0 Å². The molecule has 2 aliphatic rings. The number of aryl methyl sites for hydroxylation is 1. The minimum atomic E-state index is 0.322. The van der Waals surface area contributed by atoms with Crippen molar-refractivity contribution >= 4 is 17.2 Å². The molecule has 110 valence electrons. The predicted molar refractivity (Wildman–Crippen MR) is 80.7 cm³/mol. The maximum atomic E-state index is 12.4. The van der Waals surface area contributed by atoms with Crippen LogP contribution in [0.15, 0.2) is 5.38 Å². The molecule has 1 amide bonds. The van der Waals surface area contributed by atoms with Crippen LogP contribution >= 0.6 is 11.3 Å². The first kappa shape index (κ1) is 14.0. The molecule has 5 heteroatoms. The number of carbonyl (C=O) groups is 1. The lowest BCUT2D eigenvalue weighted by Gasteiger charge is -2.35. The van der Waals surface area contributed by atoms with Gasteiger partial charge < -0.3 is 4.90 Å². The fourth-order valence-electron chi connectivity index (χ4n) is 3.22. The average molecular weight is 293 g/mol. The fraction of sp³-hybridized carbons (Fsp3) is 0.733. The first-order valence-electron chi connectivity index (χ1n) is 7.64. The number of rotatable bonds is 3. The van der Waals surface area contributed by atoms with E-state index in [9.17, 15) is 4.79 Å². The van der Waals surface area contributed by atoms with Gasteiger partial charge in [0.2, 0.25) is 5.91 Å². The lowest BCUT2D eigenvalue weighted by Crippen LogP contribution is -2.49. The Morgan fingerprint density at radius 1 is 1.30 bits per heavy atom. The fourth-order valence-corrected chi connectivity index (χ4v) is 4.04. The van der Waals surface area contributed by atoms with Gasteiger partial charge in [0, 0.05) is 43.2 Å². The Morgan fingerprint density at radius 2 is 2.00 bits per heavy atom. The SMILES string of the molecule is Cc1csc(CN2CCN(C(=O)C3CCCC3)CC2)n1. The number of aromatic nitrogens is 1. The van der Waals surface area contributed by atoms with Gasteiger partial charge in [-0.2, -0.15) is 0 Å². The molecule has 0 aromatic carbocycles. The van der Waals surface area contributed by atoms with Crippen molar-refractivity contribution in [3.05, 3.63) is 16.1 Å². The summed E-state index contributed by atoms with van der Waals surface area (Å²) in [6.45, 7) is 6.72. The molecule has 0 bridgehead atoms. The van der Waals surface area contributed by atoms with Crippen molar-refractivity contribution in [3.63, 3.8) is 0 Å². The van der Waals surface area contributed by atoms with E-state index in [2.05, 4.69) is 20.2 Å². The number of hydrogen-bond donors (Lipinski definition) is 0. The Hall–Kier alpha value is -0.940. The first-order valence-corrected chi connectivity index (χ1v) is 8.52. The Labute approximate surface area is 124 Å². The summed E-state index contributed by atoms with van der Waals surface area (Å²) in [6, 6.07) is 0. The molecule has 0 unspecified atom stereocenters. The van der Waals surface area contributed by atoms with Crippen LogP contribution in [0.5, 0.6) is 0 Å². The van der Waals surface area contributed by atoms with Gasteiger partial charge in [-0.25, -0.2) is 4.98 Å². The van der Waals surface area contributed by atoms with Gasteiger partial charge >= 0.3 is 0 Å². The smallest absolute Gasteiger partial charge is 0.225 e. The second-order valence-electron chi connectivity index (χ2n) is 5.97. The molecule has 3 rings (SSSR count). The van der Waals surface area contributed by atoms with Crippen LogP contribution in [0.3, 0.4) is 0 Å². The molecule has 0 N–H and O–H groups in total. The number of thiazole rings is 1. The van der Waals surface area contributed by atoms with E-state index < -0.39 is 0 Å². The van der Waals surface area contributed by atoms with Crippen molar-refractivity contribution in [1.82, 2.24) is 14.8 Å². The molecular weight excluding hydrogens is 270 g/mol. The largest absolute Gasteiger partial charge is 0.340 e. The van der Waals surface area contributed by atoms with E-state index in [4.69, 9.17) is 0 Å². The van der Waals surface area contributed by atoms with Gasteiger partial charge in [0.05, 0.1) is 6.54 Å². The van der Waals surface area contributed by atoms with Crippen LogP contribution in [0.2, 0.25) is 0 Å². The van der Waals surface area contributed by atoms with Crippen molar-refractivity contribution in [2.24, 2.45) is 5.92 Å². The van der Waals surface area contributed by atoms with Crippen LogP contribution < -0.4 is 0 Å². The van der Waals surface area contributed by atoms with Gasteiger partial charge in [0.25, 0.3) is 0 Å². The molecule has 0 spiro atoms. The number of carbonyl (C=O) groups excluding carboxylic acids is 1. The quantitative estimate of drug-likeness (QED) is 0.858. The summed E-state index contributed by atoms with van der Waals surface area (Å²) >= 11 is 1.74. The van der Waals surface area contributed by atoms with Gasteiger partial charge in [-0.3, -0.25) is 9.69 Å². The standard InChI is InChI=1S/C15H23N3OS/c1-12-11-20-14(16-12)10-17-6-8-18(9-7-17)15(19)13-4-2-3-5-13/h11,13H,2-10H2,1H3. The Balaban J connectivity index is 1.48. The number of amides is 1. The highest BCUT2D eigenvalue weighted by atomic mass is 32.1. The highest BCUT2D eigenvalue weighted by molar-refractivity contribution is 7.09. The topological polar surface area (TPSA) is 36.4 Å². The molecule has 1 aliphatic carbocycles. The summed E-state index contributed by atoms with van der Waals surface area (Å²) in [7, 11) is 0. The second kappa shape index (κ2) is 6.22. The highest BCUT2D eigenvalue weighted by Gasteiger charge is 2.29. The lowest BCUT2D eigenvalue weighted by molar-refractivity contribution is -0.137. The summed E-state index contributed by atoms with van der Waals surface area (Å²) < 4.78 is 0. The molecular formula is C15H23N3OS. The summed E-state index contributed by atoms with van der Waals surface area (Å²) in [5.41, 5.74) is 1.11. The van der Waals surface area contributed by atoms with Gasteiger partial charge in [0.15, 0.2) is 0 Å². The molecule has 2 heterocycles. The van der Waals surface area contributed by atoms with Crippen molar-refractivity contribution in [2.75, 3.05) is 26.2 Å². The maximum absolute atomic E-state index is 12.4. The maximum Gasteiger partial charge on any atom is 0.225 e. The third kappa shape index (κ3) is 3.20. The van der Waals surface area contributed by atoms with Crippen LogP contribution in [0.1, 0.15) is 36.4 Å². The van der Waals surface area contributed by atoms with Crippen molar-refractivity contribution in [1.29, 1.82) is 0 Å². The highest BCUT2D eigenvalue weighted by Crippen LogP contribution is 2.27. The molecule has 0 atom stereocenters. The summed E-state index contributed by atoms with van der Waals surface area (Å²) in [5.74, 6) is 0.732. The zero-order valence-corrected chi connectivity index (χ0v) is 13.0. The summed E-state index contributed by atoms with van der Waals surface area (Å²) in [4.78, 5) is 21.4. The molecule has 1 aliphatic heterocycles. The molecule has 1 aromatic rings. The summed E-state index contributed by atoms with van der Waals surface area (Å²) in [6.07, 6.45) is 4.69. The molecule has 4 nitrogen and oxygen atoms in total. The number of piperazine rings is 1. The Morgan fingerprint density at radius 3 is 2.60 bits per heavy atom. The minimum absolute atomic E-state index is 0.322. The normalized spacial score (nSPS) is 21.6. The third-order valence-corrected chi connectivity index (χ3v) is 5.37. The minimum Gasteiger partial charge on any atom is -0.340 e. The molecule has 1 saturated carbocycles. The number of nitrogens with zero attached hydrogens (tertiary/aromatic N) is 3. The monoisotopic (exact) mass is 293 g/mol. The molecule has 2 fully saturated rings. The van der Waals surface area contributed by atoms with E-state index in [0.29, 0.717) is 11.8 Å². The molecule has 20 heavy (non-hydrogen) atoms. The van der Waals surface area contributed by atoms with E-state index in [1.165, 1.54) is 17.8 Å². The Kier molecular flexibility index (Phi) is 4.36. The van der Waals surface area contributed by atoms with Gasteiger partial charge in [-0.05, 0) is 19.8 Å². The average Bonchev–Trinajstić information content (AvgIpc) is 3.11. The van der Waals surface area contributed by atoms with E-state index in [0.717, 1.165) is 51.3 Å².